The fourth-order valence-electron chi connectivity index (χ4n) is 5.31. The minimum atomic E-state index is -0.755. The Balaban J connectivity index is 1.47. The maximum Gasteiger partial charge on any atom is 0.326 e. The molecule has 51 heavy (non-hydrogen) atoms. The van der Waals surface area contributed by atoms with Gasteiger partial charge < -0.3 is 14.2 Å². The number of carbonyl (C=O) groups excluding carboxylic acids is 1. The summed E-state index contributed by atoms with van der Waals surface area (Å²) in [7, 11) is 0. The van der Waals surface area contributed by atoms with Gasteiger partial charge in [-0.3, -0.25) is 19.8 Å². The van der Waals surface area contributed by atoms with Crippen LogP contribution in [-0.4, -0.2) is 44.6 Å². The molecule has 5 aromatic rings. The van der Waals surface area contributed by atoms with Crippen LogP contribution in [-0.2, 0) is 34.0 Å². The molecule has 266 valence electrons. The highest BCUT2D eigenvalue weighted by molar-refractivity contribution is 9.10. The van der Waals surface area contributed by atoms with E-state index in [1.165, 1.54) is 6.20 Å². The molecule has 0 saturated heterocycles. The standard InChI is InChI=1S/C39H40BrCl2N5O4/c1-38(2,3)50-23-33(37(48)51-39(4,5)6)45-19-26-14-32(41)27(15-35(26)49-22-25-13-24(16-43)17-44-18-25)21-47-34-12-8-9-28(30(34)20-46-47)29-10-7-11-31(40)36(29)42/h7-15,17-18,20,33,45H,19,21-23H2,1-6H3/t33-/m0/s1. The van der Waals surface area contributed by atoms with Crippen LogP contribution in [0.2, 0.25) is 10.0 Å². The minimum absolute atomic E-state index is 0.104. The number of hydrogen-bond acceptors (Lipinski definition) is 8. The van der Waals surface area contributed by atoms with Crippen molar-refractivity contribution in [3.8, 4) is 22.9 Å². The number of carbonyl (C=O) groups is 1. The van der Waals surface area contributed by atoms with E-state index >= 15 is 0 Å². The smallest absolute Gasteiger partial charge is 0.326 e. The highest BCUT2D eigenvalue weighted by atomic mass is 79.9. The van der Waals surface area contributed by atoms with Gasteiger partial charge in [0.25, 0.3) is 0 Å². The van der Waals surface area contributed by atoms with Gasteiger partial charge in [0.05, 0.1) is 41.1 Å². The normalized spacial score (nSPS) is 12.5. The van der Waals surface area contributed by atoms with Gasteiger partial charge in [0.1, 0.15) is 30.1 Å². The highest BCUT2D eigenvalue weighted by Gasteiger charge is 2.27. The maximum atomic E-state index is 13.2. The third kappa shape index (κ3) is 10.1. The quantitative estimate of drug-likeness (QED) is 0.125. The number of halogens is 3. The first kappa shape index (κ1) is 38.3. The van der Waals surface area contributed by atoms with Crippen LogP contribution < -0.4 is 10.1 Å². The van der Waals surface area contributed by atoms with Crippen molar-refractivity contribution >= 4 is 56.0 Å². The van der Waals surface area contributed by atoms with Crippen molar-refractivity contribution < 1.29 is 19.0 Å². The summed E-state index contributed by atoms with van der Waals surface area (Å²) in [6, 6.07) is 18.7. The summed E-state index contributed by atoms with van der Waals surface area (Å²) in [6.07, 6.45) is 4.99. The van der Waals surface area contributed by atoms with Gasteiger partial charge >= 0.3 is 5.97 Å². The Hall–Kier alpha value is -3.98. The molecule has 0 radical (unpaired) electrons. The molecule has 0 aliphatic heterocycles. The van der Waals surface area contributed by atoms with Gasteiger partial charge in [-0.05, 0) is 98.9 Å². The summed E-state index contributed by atoms with van der Waals surface area (Å²) >= 11 is 17.2. The van der Waals surface area contributed by atoms with Crippen LogP contribution in [0.25, 0.3) is 22.0 Å². The van der Waals surface area contributed by atoms with Crippen molar-refractivity contribution in [3.05, 3.63) is 110 Å². The van der Waals surface area contributed by atoms with Crippen LogP contribution in [0.5, 0.6) is 5.75 Å². The molecule has 0 bridgehead atoms. The summed E-state index contributed by atoms with van der Waals surface area (Å²) in [6.45, 7) is 12.1. The van der Waals surface area contributed by atoms with Gasteiger partial charge in [-0.1, -0.05) is 47.5 Å². The summed E-state index contributed by atoms with van der Waals surface area (Å²) < 4.78 is 20.8. The number of aromatic nitrogens is 3. The lowest BCUT2D eigenvalue weighted by Gasteiger charge is -2.27. The number of fused-ring (bicyclic) bond motifs is 1. The lowest BCUT2D eigenvalue weighted by atomic mass is 10.0. The molecular formula is C39H40BrCl2N5O4. The third-order valence-corrected chi connectivity index (χ3v) is 9.36. The van der Waals surface area contributed by atoms with Crippen LogP contribution in [0.1, 0.15) is 63.8 Å². The van der Waals surface area contributed by atoms with Crippen LogP contribution in [0.4, 0.5) is 0 Å². The van der Waals surface area contributed by atoms with E-state index < -0.39 is 23.2 Å². The highest BCUT2D eigenvalue weighted by Crippen LogP contribution is 2.38. The monoisotopic (exact) mass is 791 g/mol. The molecule has 0 aliphatic carbocycles. The van der Waals surface area contributed by atoms with E-state index in [-0.39, 0.29) is 19.8 Å². The van der Waals surface area contributed by atoms with Crippen molar-refractivity contribution in [3.63, 3.8) is 0 Å². The predicted molar refractivity (Wildman–Crippen MR) is 204 cm³/mol. The molecular weight excluding hydrogens is 753 g/mol. The second-order valence-corrected chi connectivity index (χ2v) is 15.7. The second kappa shape index (κ2) is 16.1. The van der Waals surface area contributed by atoms with Gasteiger partial charge in [0.2, 0.25) is 0 Å². The minimum Gasteiger partial charge on any atom is -0.489 e. The summed E-state index contributed by atoms with van der Waals surface area (Å²) in [4.78, 5) is 17.4. The molecule has 0 amide bonds. The molecule has 2 aromatic heterocycles. The summed E-state index contributed by atoms with van der Waals surface area (Å²) in [5.41, 5.74) is 4.28. The Morgan fingerprint density at radius 3 is 2.45 bits per heavy atom. The molecule has 5 rings (SSSR count). The van der Waals surface area contributed by atoms with Gasteiger partial charge in [0.15, 0.2) is 0 Å². The van der Waals surface area contributed by atoms with Crippen LogP contribution in [0, 0.1) is 11.3 Å². The lowest BCUT2D eigenvalue weighted by molar-refractivity contribution is -0.160. The van der Waals surface area contributed by atoms with E-state index in [1.54, 1.807) is 12.3 Å². The van der Waals surface area contributed by atoms with Gasteiger partial charge in [-0.15, -0.1) is 0 Å². The van der Waals surface area contributed by atoms with Crippen molar-refractivity contribution in [1.29, 1.82) is 5.26 Å². The Labute approximate surface area is 317 Å². The van der Waals surface area contributed by atoms with Crippen molar-refractivity contribution in [2.45, 2.75) is 78.5 Å². The van der Waals surface area contributed by atoms with E-state index in [1.807, 2.05) is 101 Å². The SMILES string of the molecule is CC(C)(C)OC[C@H](NCc1cc(Cl)c(Cn2ncc3c(-c4cccc(Br)c4Cl)cccc32)cc1OCc1cncc(C#N)c1)C(=O)OC(C)(C)C. The molecule has 0 saturated carbocycles. The number of esters is 1. The molecule has 1 N–H and O–H groups in total. The number of rotatable bonds is 12. The molecule has 1 atom stereocenters. The second-order valence-electron chi connectivity index (χ2n) is 14.1. The van der Waals surface area contributed by atoms with E-state index in [0.29, 0.717) is 27.9 Å². The van der Waals surface area contributed by atoms with Crippen LogP contribution in [0.15, 0.2) is 77.7 Å². The van der Waals surface area contributed by atoms with Gasteiger partial charge in [-0.25, -0.2) is 0 Å². The first-order chi connectivity index (χ1) is 24.1. The Kier molecular flexibility index (Phi) is 12.1. The summed E-state index contributed by atoms with van der Waals surface area (Å²) in [5, 5.41) is 19.5. The zero-order chi connectivity index (χ0) is 36.9. The third-order valence-electron chi connectivity index (χ3n) is 7.71. The molecule has 0 spiro atoms. The van der Waals surface area contributed by atoms with E-state index in [2.05, 4.69) is 32.3 Å². The largest absolute Gasteiger partial charge is 0.489 e. The van der Waals surface area contributed by atoms with E-state index in [0.717, 1.165) is 43.2 Å². The van der Waals surface area contributed by atoms with Crippen molar-refractivity contribution in [2.24, 2.45) is 0 Å². The Morgan fingerprint density at radius 2 is 1.73 bits per heavy atom. The average Bonchev–Trinajstić information content (AvgIpc) is 3.48. The van der Waals surface area contributed by atoms with Crippen LogP contribution >= 0.6 is 39.1 Å². The number of nitrogens with zero attached hydrogens (tertiary/aromatic N) is 4. The Bertz CT molecular complexity index is 2080. The number of hydrogen-bond donors (Lipinski definition) is 1. The number of ether oxygens (including phenoxy) is 3. The average molecular weight is 794 g/mol. The van der Waals surface area contributed by atoms with E-state index in [9.17, 15) is 10.1 Å². The Morgan fingerprint density at radius 1 is 0.980 bits per heavy atom. The number of nitrogens with one attached hydrogen (secondary N) is 1. The van der Waals surface area contributed by atoms with Crippen molar-refractivity contribution in [2.75, 3.05) is 6.61 Å². The predicted octanol–water partition coefficient (Wildman–Crippen LogP) is 9.28. The first-order valence-corrected chi connectivity index (χ1v) is 17.9. The first-order valence-electron chi connectivity index (χ1n) is 16.4. The molecule has 2 heterocycles. The molecule has 9 nitrogen and oxygen atoms in total. The molecule has 0 fully saturated rings. The topological polar surface area (TPSA) is 111 Å². The summed E-state index contributed by atoms with van der Waals surface area (Å²) in [5.74, 6) is 0.118. The molecule has 12 heteroatoms. The maximum absolute atomic E-state index is 13.2. The number of nitriles is 1. The fourth-order valence-corrected chi connectivity index (χ4v) is 6.15. The molecule has 3 aromatic carbocycles. The van der Waals surface area contributed by atoms with E-state index in [4.69, 9.17) is 42.5 Å². The van der Waals surface area contributed by atoms with Gasteiger partial charge in [-0.2, -0.15) is 10.4 Å². The van der Waals surface area contributed by atoms with Gasteiger partial charge in [0, 0.05) is 50.5 Å². The van der Waals surface area contributed by atoms with Crippen molar-refractivity contribution in [1.82, 2.24) is 20.1 Å². The fraction of sp³-hybridized carbons (Fsp3) is 0.333. The lowest BCUT2D eigenvalue weighted by Crippen LogP contribution is -2.45. The number of benzene rings is 3. The van der Waals surface area contributed by atoms with Crippen LogP contribution in [0.3, 0.4) is 0 Å². The zero-order valence-corrected chi connectivity index (χ0v) is 32.5. The zero-order valence-electron chi connectivity index (χ0n) is 29.4. The molecule has 0 unspecified atom stereocenters. The molecule has 0 aliphatic rings. The number of pyridine rings is 1.